The summed E-state index contributed by atoms with van der Waals surface area (Å²) in [5.74, 6) is -1.05. The Bertz CT molecular complexity index is 447. The highest BCUT2D eigenvalue weighted by atomic mass is 19.1. The Morgan fingerprint density at radius 1 is 1.53 bits per heavy atom. The van der Waals surface area contributed by atoms with Gasteiger partial charge in [0, 0.05) is 0 Å². The van der Waals surface area contributed by atoms with Gasteiger partial charge in [0.25, 0.3) is 6.09 Å². The zero-order valence-electron chi connectivity index (χ0n) is 9.38. The van der Waals surface area contributed by atoms with Crippen molar-refractivity contribution in [3.63, 3.8) is 0 Å². The van der Waals surface area contributed by atoms with Crippen LogP contribution in [0.5, 0.6) is 0 Å². The standard InChI is InChI=1S/C12H13FN2O2/c1-8(9-5-3-2-4-6-9)15-10(11(16)17)7-14-12(15)13/h2-6,8,10H,7H2,1H3,(H,16,17). The Hall–Kier alpha value is -1.91. The number of aliphatic carboxylic acids is 1. The molecule has 0 aromatic heterocycles. The van der Waals surface area contributed by atoms with Crippen molar-refractivity contribution in [2.24, 2.45) is 4.99 Å². The molecule has 5 heteroatoms. The van der Waals surface area contributed by atoms with Crippen LogP contribution < -0.4 is 0 Å². The van der Waals surface area contributed by atoms with Gasteiger partial charge < -0.3 is 10.0 Å². The summed E-state index contributed by atoms with van der Waals surface area (Å²) in [4.78, 5) is 15.8. The molecule has 0 radical (unpaired) electrons. The topological polar surface area (TPSA) is 52.9 Å². The van der Waals surface area contributed by atoms with E-state index in [1.807, 2.05) is 30.3 Å². The van der Waals surface area contributed by atoms with Crippen LogP contribution in [0.15, 0.2) is 35.3 Å². The molecule has 1 aromatic carbocycles. The van der Waals surface area contributed by atoms with E-state index in [9.17, 15) is 9.18 Å². The SMILES string of the molecule is CC(c1ccccc1)N1C(F)=NCC1C(=O)O. The average molecular weight is 236 g/mol. The van der Waals surface area contributed by atoms with Crippen LogP contribution in [0.1, 0.15) is 18.5 Å². The molecular formula is C12H13FN2O2. The molecule has 0 bridgehead atoms. The minimum Gasteiger partial charge on any atom is -0.480 e. The first-order valence-electron chi connectivity index (χ1n) is 5.37. The third-order valence-electron chi connectivity index (χ3n) is 2.93. The lowest BCUT2D eigenvalue weighted by Gasteiger charge is -2.28. The first kappa shape index (κ1) is 11.6. The molecule has 0 aliphatic carbocycles. The van der Waals surface area contributed by atoms with Crippen LogP contribution in [0.2, 0.25) is 0 Å². The van der Waals surface area contributed by atoms with Gasteiger partial charge in [-0.1, -0.05) is 30.3 Å². The molecule has 2 atom stereocenters. The molecule has 1 heterocycles. The van der Waals surface area contributed by atoms with Crippen molar-refractivity contribution in [1.82, 2.24) is 4.90 Å². The Balaban J connectivity index is 2.26. The Labute approximate surface area is 98.4 Å². The van der Waals surface area contributed by atoms with Crippen molar-refractivity contribution in [3.8, 4) is 0 Å². The maximum absolute atomic E-state index is 13.5. The number of aliphatic imine (C=N–C) groups is 1. The van der Waals surface area contributed by atoms with Crippen LogP contribution in [-0.2, 0) is 4.79 Å². The van der Waals surface area contributed by atoms with E-state index in [0.29, 0.717) is 0 Å². The molecule has 0 spiro atoms. The van der Waals surface area contributed by atoms with Crippen LogP contribution >= 0.6 is 0 Å². The van der Waals surface area contributed by atoms with Gasteiger partial charge in [0.05, 0.1) is 12.6 Å². The highest BCUT2D eigenvalue weighted by molar-refractivity contribution is 5.85. The number of nitrogens with zero attached hydrogens (tertiary/aromatic N) is 2. The quantitative estimate of drug-likeness (QED) is 0.815. The van der Waals surface area contributed by atoms with E-state index in [1.54, 1.807) is 6.92 Å². The van der Waals surface area contributed by atoms with Crippen LogP contribution in [0, 0.1) is 0 Å². The fourth-order valence-corrected chi connectivity index (χ4v) is 1.98. The van der Waals surface area contributed by atoms with Gasteiger partial charge >= 0.3 is 5.97 Å². The van der Waals surface area contributed by atoms with E-state index in [4.69, 9.17) is 5.11 Å². The molecular weight excluding hydrogens is 223 g/mol. The largest absolute Gasteiger partial charge is 0.480 e. The monoisotopic (exact) mass is 236 g/mol. The van der Waals surface area contributed by atoms with Gasteiger partial charge in [0.1, 0.15) is 0 Å². The van der Waals surface area contributed by atoms with Gasteiger partial charge in [0.15, 0.2) is 6.04 Å². The maximum atomic E-state index is 13.5. The summed E-state index contributed by atoms with van der Waals surface area (Å²) >= 11 is 0. The number of carbonyl (C=O) groups is 1. The minimum absolute atomic E-state index is 0.0294. The lowest BCUT2D eigenvalue weighted by atomic mass is 10.1. The van der Waals surface area contributed by atoms with E-state index >= 15 is 0 Å². The molecule has 1 aliphatic rings. The van der Waals surface area contributed by atoms with Gasteiger partial charge in [-0.3, -0.25) is 0 Å². The van der Waals surface area contributed by atoms with Crippen molar-refractivity contribution in [3.05, 3.63) is 35.9 Å². The van der Waals surface area contributed by atoms with Crippen molar-refractivity contribution >= 4 is 12.1 Å². The maximum Gasteiger partial charge on any atom is 0.328 e. The van der Waals surface area contributed by atoms with Gasteiger partial charge in [-0.15, -0.1) is 0 Å². The normalized spacial score (nSPS) is 21.2. The van der Waals surface area contributed by atoms with E-state index in [1.165, 1.54) is 4.90 Å². The number of amidine groups is 1. The van der Waals surface area contributed by atoms with Crippen LogP contribution in [0.4, 0.5) is 4.39 Å². The van der Waals surface area contributed by atoms with Gasteiger partial charge in [-0.05, 0) is 12.5 Å². The van der Waals surface area contributed by atoms with E-state index in [-0.39, 0.29) is 12.6 Å². The third kappa shape index (κ3) is 2.13. The number of carboxylic acids is 1. The second kappa shape index (κ2) is 4.53. The number of hydrogen-bond acceptors (Lipinski definition) is 3. The molecule has 0 saturated heterocycles. The summed E-state index contributed by atoms with van der Waals surface area (Å²) in [5, 5.41) is 9.02. The molecule has 4 nitrogen and oxygen atoms in total. The highest BCUT2D eigenvalue weighted by Gasteiger charge is 2.37. The molecule has 17 heavy (non-hydrogen) atoms. The molecule has 1 aromatic rings. The van der Waals surface area contributed by atoms with E-state index < -0.39 is 18.1 Å². The van der Waals surface area contributed by atoms with Crippen LogP contribution in [0.3, 0.4) is 0 Å². The molecule has 2 unspecified atom stereocenters. The van der Waals surface area contributed by atoms with Gasteiger partial charge in [-0.25, -0.2) is 9.79 Å². The highest BCUT2D eigenvalue weighted by Crippen LogP contribution is 2.26. The molecule has 90 valence electrons. The van der Waals surface area contributed by atoms with Gasteiger partial charge in [-0.2, -0.15) is 4.39 Å². The summed E-state index contributed by atoms with van der Waals surface area (Å²) in [5.41, 5.74) is 0.867. The number of rotatable bonds is 3. The zero-order valence-corrected chi connectivity index (χ0v) is 9.38. The molecule has 0 amide bonds. The summed E-state index contributed by atoms with van der Waals surface area (Å²) in [7, 11) is 0. The second-order valence-corrected chi connectivity index (χ2v) is 3.96. The lowest BCUT2D eigenvalue weighted by molar-refractivity contribution is -0.141. The number of halogens is 1. The molecule has 0 fully saturated rings. The Kier molecular flexibility index (Phi) is 3.08. The van der Waals surface area contributed by atoms with E-state index in [2.05, 4.69) is 4.99 Å². The van der Waals surface area contributed by atoms with Crippen molar-refractivity contribution < 1.29 is 14.3 Å². The first-order chi connectivity index (χ1) is 8.11. The van der Waals surface area contributed by atoms with Crippen molar-refractivity contribution in [2.75, 3.05) is 6.54 Å². The van der Waals surface area contributed by atoms with Crippen molar-refractivity contribution in [2.45, 2.75) is 19.0 Å². The molecule has 1 aliphatic heterocycles. The third-order valence-corrected chi connectivity index (χ3v) is 2.93. The Morgan fingerprint density at radius 2 is 2.18 bits per heavy atom. The molecule has 0 saturated carbocycles. The summed E-state index contributed by atoms with van der Waals surface area (Å²) < 4.78 is 13.5. The zero-order chi connectivity index (χ0) is 12.4. The molecule has 2 rings (SSSR count). The van der Waals surface area contributed by atoms with Crippen molar-refractivity contribution in [1.29, 1.82) is 0 Å². The second-order valence-electron chi connectivity index (χ2n) is 3.96. The Morgan fingerprint density at radius 3 is 2.76 bits per heavy atom. The molecule has 1 N–H and O–H groups in total. The predicted octanol–water partition coefficient (Wildman–Crippen LogP) is 1.84. The first-order valence-corrected chi connectivity index (χ1v) is 5.37. The smallest absolute Gasteiger partial charge is 0.328 e. The predicted molar refractivity (Wildman–Crippen MR) is 61.5 cm³/mol. The fraction of sp³-hybridized carbons (Fsp3) is 0.333. The number of hydrogen-bond donors (Lipinski definition) is 1. The summed E-state index contributed by atoms with van der Waals surface area (Å²) in [6.07, 6.45) is -0.700. The summed E-state index contributed by atoms with van der Waals surface area (Å²) in [6.45, 7) is 1.74. The van der Waals surface area contributed by atoms with Gasteiger partial charge in [0.2, 0.25) is 0 Å². The number of benzene rings is 1. The minimum atomic E-state index is -1.05. The fourth-order valence-electron chi connectivity index (χ4n) is 1.98. The number of carboxylic acid groups (broad SMARTS) is 1. The van der Waals surface area contributed by atoms with E-state index in [0.717, 1.165) is 5.56 Å². The lowest BCUT2D eigenvalue weighted by Crippen LogP contribution is -2.42. The van der Waals surface area contributed by atoms with Crippen LogP contribution in [0.25, 0.3) is 0 Å². The summed E-state index contributed by atoms with van der Waals surface area (Å²) in [6, 6.07) is 7.97. The average Bonchev–Trinajstić information content (AvgIpc) is 2.71. The van der Waals surface area contributed by atoms with Crippen LogP contribution in [-0.4, -0.2) is 34.7 Å².